The number of urea groups is 1. The smallest absolute Gasteiger partial charge is 0.351 e. The number of nitrogens with one attached hydrogen (secondary N) is 2. The van der Waals surface area contributed by atoms with Gasteiger partial charge in [-0.15, -0.1) is 5.06 Å². The van der Waals surface area contributed by atoms with E-state index in [9.17, 15) is 14.4 Å². The molecule has 3 heterocycles. The molecule has 3 aliphatic rings. The monoisotopic (exact) mass is 618 g/mol. The van der Waals surface area contributed by atoms with Gasteiger partial charge in [-0.3, -0.25) is 4.79 Å². The minimum absolute atomic E-state index is 0.0614. The molecule has 0 aliphatic carbocycles. The van der Waals surface area contributed by atoms with E-state index < -0.39 is 12.1 Å². The second-order valence-corrected chi connectivity index (χ2v) is 12.8. The number of hydrogen-bond acceptors (Lipinski definition) is 6. The van der Waals surface area contributed by atoms with Crippen LogP contribution < -0.4 is 10.6 Å². The first-order valence-corrected chi connectivity index (χ1v) is 16.7. The number of nitrogens with zero attached hydrogens (tertiary/aromatic N) is 4. The average Bonchev–Trinajstić information content (AvgIpc) is 3.22. The number of anilines is 1. The minimum atomic E-state index is -0.717. The first-order chi connectivity index (χ1) is 21.7. The lowest BCUT2D eigenvalue weighted by atomic mass is 9.96. The van der Waals surface area contributed by atoms with Gasteiger partial charge < -0.3 is 30.2 Å². The number of amides is 4. The van der Waals surface area contributed by atoms with Gasteiger partial charge in [0, 0.05) is 56.9 Å². The number of benzene rings is 2. The summed E-state index contributed by atoms with van der Waals surface area (Å²) in [4.78, 5) is 51.8. The van der Waals surface area contributed by atoms with Crippen molar-refractivity contribution in [1.82, 2.24) is 25.1 Å². The molecule has 2 aromatic carbocycles. The molecular weight excluding hydrogens is 568 g/mol. The predicted octanol–water partition coefficient (Wildman–Crippen LogP) is 4.47. The Balaban J connectivity index is 1.19. The number of piperidine rings is 2. The highest BCUT2D eigenvalue weighted by Gasteiger charge is 2.33. The van der Waals surface area contributed by atoms with Crippen molar-refractivity contribution in [2.24, 2.45) is 0 Å². The molecule has 4 amide bonds. The van der Waals surface area contributed by atoms with Gasteiger partial charge >= 0.3 is 12.1 Å². The van der Waals surface area contributed by atoms with E-state index in [1.54, 1.807) is 5.06 Å². The van der Waals surface area contributed by atoms with Gasteiger partial charge in [-0.05, 0) is 87.4 Å². The fourth-order valence-electron chi connectivity index (χ4n) is 7.01. The summed E-state index contributed by atoms with van der Waals surface area (Å²) in [6.07, 6.45) is 5.71. The van der Waals surface area contributed by atoms with Crippen LogP contribution in [0.1, 0.15) is 61.8 Å². The van der Waals surface area contributed by atoms with E-state index in [-0.39, 0.29) is 18.0 Å². The third-order valence-electron chi connectivity index (χ3n) is 9.79. The van der Waals surface area contributed by atoms with E-state index in [2.05, 4.69) is 67.7 Å². The van der Waals surface area contributed by atoms with E-state index in [0.29, 0.717) is 58.0 Å². The van der Waals surface area contributed by atoms with Gasteiger partial charge in [0.15, 0.2) is 0 Å². The molecule has 10 heteroatoms. The number of hydroxylamine groups is 2. The van der Waals surface area contributed by atoms with Crippen LogP contribution in [0.5, 0.6) is 0 Å². The Morgan fingerprint density at radius 2 is 1.67 bits per heavy atom. The number of carbonyl (C=O) groups excluding carboxylic acids is 3. The fourth-order valence-corrected chi connectivity index (χ4v) is 7.01. The summed E-state index contributed by atoms with van der Waals surface area (Å²) in [5, 5.41) is 7.64. The van der Waals surface area contributed by atoms with Crippen molar-refractivity contribution >= 4 is 23.7 Å². The van der Waals surface area contributed by atoms with Crippen molar-refractivity contribution in [3.63, 3.8) is 0 Å². The van der Waals surface area contributed by atoms with E-state index in [1.165, 1.54) is 11.1 Å². The standard InChI is InChI=1S/C35H50N6O4/c1-5-26-12-11-25(23-27(26)6-2)24-32(33(42)39-18-14-29(15-19-39)38(3)4)37-35(44)45-40-20-16-30(17-21-40)41-22-13-28-9-7-8-10-31(28)36-34(41)43/h7-12,23,29-30,32H,5-6,13-22,24H2,1-4H3,(H,36,43)(H,37,44)/t32-/m1/s1. The minimum Gasteiger partial charge on any atom is -0.351 e. The van der Waals surface area contributed by atoms with Crippen LogP contribution in [0.15, 0.2) is 42.5 Å². The Kier molecular flexibility index (Phi) is 11.0. The van der Waals surface area contributed by atoms with Crippen LogP contribution in [0, 0.1) is 0 Å². The highest BCUT2D eigenvalue weighted by Crippen LogP contribution is 2.25. The Labute approximate surface area is 268 Å². The molecule has 45 heavy (non-hydrogen) atoms. The summed E-state index contributed by atoms with van der Waals surface area (Å²) in [6.45, 7) is 7.34. The molecule has 0 aromatic heterocycles. The predicted molar refractivity (Wildman–Crippen MR) is 176 cm³/mol. The van der Waals surface area contributed by atoms with Crippen LogP contribution in [0.2, 0.25) is 0 Å². The zero-order valence-corrected chi connectivity index (χ0v) is 27.4. The quantitative estimate of drug-likeness (QED) is 0.431. The summed E-state index contributed by atoms with van der Waals surface area (Å²) < 4.78 is 0. The highest BCUT2D eigenvalue weighted by atomic mass is 16.7. The normalized spacial score (nSPS) is 19.1. The largest absolute Gasteiger partial charge is 0.426 e. The van der Waals surface area contributed by atoms with Gasteiger partial charge in [-0.25, -0.2) is 9.59 Å². The van der Waals surface area contributed by atoms with Crippen molar-refractivity contribution < 1.29 is 19.2 Å². The maximum Gasteiger partial charge on any atom is 0.426 e. The Morgan fingerprint density at radius 3 is 2.36 bits per heavy atom. The number of likely N-dealkylation sites (tertiary alicyclic amines) is 1. The van der Waals surface area contributed by atoms with Gasteiger partial charge in [0.2, 0.25) is 5.91 Å². The number of para-hydroxylation sites is 1. The number of rotatable bonds is 9. The molecule has 1 atom stereocenters. The van der Waals surface area contributed by atoms with Gasteiger partial charge in [0.05, 0.1) is 0 Å². The maximum atomic E-state index is 13.8. The van der Waals surface area contributed by atoms with E-state index in [1.807, 2.05) is 28.0 Å². The Bertz CT molecular complexity index is 1330. The lowest BCUT2D eigenvalue weighted by Gasteiger charge is -2.38. The molecule has 10 nitrogen and oxygen atoms in total. The van der Waals surface area contributed by atoms with Crippen LogP contribution in [0.4, 0.5) is 15.3 Å². The van der Waals surface area contributed by atoms with E-state index in [0.717, 1.165) is 48.9 Å². The third kappa shape index (κ3) is 8.16. The number of aryl methyl sites for hydroxylation is 2. The lowest BCUT2D eigenvalue weighted by Crippen LogP contribution is -2.54. The summed E-state index contributed by atoms with van der Waals surface area (Å²) in [6, 6.07) is 14.1. The van der Waals surface area contributed by atoms with Gasteiger partial charge in [-0.1, -0.05) is 50.2 Å². The van der Waals surface area contributed by atoms with Crippen molar-refractivity contribution in [1.29, 1.82) is 0 Å². The Hall–Kier alpha value is -3.63. The first-order valence-electron chi connectivity index (χ1n) is 16.7. The summed E-state index contributed by atoms with van der Waals surface area (Å²) in [5.74, 6) is -0.0614. The van der Waals surface area contributed by atoms with Crippen molar-refractivity contribution in [2.75, 3.05) is 52.1 Å². The molecule has 0 spiro atoms. The van der Waals surface area contributed by atoms with Crippen LogP contribution in [0.25, 0.3) is 0 Å². The zero-order valence-electron chi connectivity index (χ0n) is 27.4. The third-order valence-corrected chi connectivity index (χ3v) is 9.79. The average molecular weight is 619 g/mol. The van der Waals surface area contributed by atoms with Gasteiger partial charge in [0.25, 0.3) is 0 Å². The van der Waals surface area contributed by atoms with E-state index >= 15 is 0 Å². The number of hydrogen-bond donors (Lipinski definition) is 2. The summed E-state index contributed by atoms with van der Waals surface area (Å²) >= 11 is 0. The van der Waals surface area contributed by atoms with Crippen molar-refractivity contribution in [3.05, 3.63) is 64.7 Å². The molecular formula is C35H50N6O4. The van der Waals surface area contributed by atoms with Crippen LogP contribution >= 0.6 is 0 Å². The maximum absolute atomic E-state index is 13.8. The molecule has 2 aromatic rings. The molecule has 2 N–H and O–H groups in total. The number of carbonyl (C=O) groups is 3. The van der Waals surface area contributed by atoms with Crippen molar-refractivity contribution in [3.8, 4) is 0 Å². The fraction of sp³-hybridized carbons (Fsp3) is 0.571. The molecule has 0 radical (unpaired) electrons. The molecule has 0 saturated carbocycles. The van der Waals surface area contributed by atoms with Crippen LogP contribution in [0.3, 0.4) is 0 Å². The summed E-state index contributed by atoms with van der Waals surface area (Å²) in [7, 11) is 4.16. The topological polar surface area (TPSA) is 97.5 Å². The van der Waals surface area contributed by atoms with Gasteiger partial charge in [-0.2, -0.15) is 0 Å². The second kappa shape index (κ2) is 15.1. The lowest BCUT2D eigenvalue weighted by molar-refractivity contribution is -0.137. The first kappa shape index (κ1) is 32.8. The Morgan fingerprint density at radius 1 is 0.956 bits per heavy atom. The summed E-state index contributed by atoms with van der Waals surface area (Å²) in [5.41, 5.74) is 5.64. The van der Waals surface area contributed by atoms with Crippen LogP contribution in [-0.4, -0.2) is 103 Å². The van der Waals surface area contributed by atoms with Crippen LogP contribution in [-0.2, 0) is 35.3 Å². The van der Waals surface area contributed by atoms with Gasteiger partial charge in [0.1, 0.15) is 6.04 Å². The molecule has 244 valence electrons. The highest BCUT2D eigenvalue weighted by molar-refractivity contribution is 5.91. The molecule has 3 aliphatic heterocycles. The SMILES string of the molecule is CCc1ccc(C[C@@H](NC(=O)ON2CCC(N3CCc4ccccc4NC3=O)CC2)C(=O)N2CCC(N(C)C)CC2)cc1CC. The van der Waals surface area contributed by atoms with E-state index in [4.69, 9.17) is 4.84 Å². The second-order valence-electron chi connectivity index (χ2n) is 12.8. The van der Waals surface area contributed by atoms with Crippen molar-refractivity contribution in [2.45, 2.75) is 83.3 Å². The molecule has 0 unspecified atom stereocenters. The molecule has 2 fully saturated rings. The molecule has 2 saturated heterocycles. The number of fused-ring (bicyclic) bond motifs is 1. The zero-order chi connectivity index (χ0) is 31.9. The molecule has 5 rings (SSSR count). The molecule has 0 bridgehead atoms.